The van der Waals surface area contributed by atoms with Crippen LogP contribution in [0.1, 0.15) is 37.8 Å². The zero-order valence-corrected chi connectivity index (χ0v) is 11.3. The van der Waals surface area contributed by atoms with Crippen LogP contribution in [0.25, 0.3) is 0 Å². The van der Waals surface area contributed by atoms with Crippen molar-refractivity contribution in [3.05, 3.63) is 36.2 Å². The summed E-state index contributed by atoms with van der Waals surface area (Å²) in [5.74, 6) is 0.968. The predicted octanol–water partition coefficient (Wildman–Crippen LogP) is 1.73. The molecule has 0 radical (unpaired) electrons. The highest BCUT2D eigenvalue weighted by Gasteiger charge is 2.11. The zero-order valence-electron chi connectivity index (χ0n) is 11.3. The topological polar surface area (TPSA) is 47.7 Å². The van der Waals surface area contributed by atoms with E-state index in [-0.39, 0.29) is 0 Å². The van der Waals surface area contributed by atoms with Gasteiger partial charge in [-0.05, 0) is 32.0 Å². The molecule has 0 saturated carbocycles. The van der Waals surface area contributed by atoms with Crippen molar-refractivity contribution in [3.63, 3.8) is 0 Å². The highest BCUT2D eigenvalue weighted by Crippen LogP contribution is 2.14. The van der Waals surface area contributed by atoms with E-state index in [9.17, 15) is 0 Å². The second kappa shape index (κ2) is 5.82. The molecule has 2 heterocycles. The van der Waals surface area contributed by atoms with Gasteiger partial charge in [-0.1, -0.05) is 6.92 Å². The number of aromatic nitrogens is 4. The minimum absolute atomic E-state index is 0.355. The minimum atomic E-state index is 0.355. The molecule has 0 fully saturated rings. The summed E-state index contributed by atoms with van der Waals surface area (Å²) in [6.07, 6.45) is 4.97. The van der Waals surface area contributed by atoms with Crippen LogP contribution in [0, 0.1) is 0 Å². The van der Waals surface area contributed by atoms with Crippen LogP contribution in [0.4, 0.5) is 0 Å². The largest absolute Gasteiger partial charge is 0.342 e. The number of aryl methyl sites for hydroxylation is 1. The van der Waals surface area contributed by atoms with Crippen LogP contribution < -0.4 is 5.32 Å². The standard InChI is InChI=1S/C13H21N5/c1-4-7-14-11(2)12-6-5-8-18(12)9-13-16-15-10-17(13)3/h5-6,8,10-11,14H,4,7,9H2,1-3H3. The molecule has 0 amide bonds. The molecule has 0 aliphatic heterocycles. The summed E-state index contributed by atoms with van der Waals surface area (Å²) >= 11 is 0. The summed E-state index contributed by atoms with van der Waals surface area (Å²) in [6, 6.07) is 4.59. The lowest BCUT2D eigenvalue weighted by molar-refractivity contribution is 0.529. The second-order valence-electron chi connectivity index (χ2n) is 4.59. The monoisotopic (exact) mass is 247 g/mol. The molecule has 5 nitrogen and oxygen atoms in total. The number of hydrogen-bond donors (Lipinski definition) is 1. The molecule has 1 N–H and O–H groups in total. The van der Waals surface area contributed by atoms with Crippen LogP contribution >= 0.6 is 0 Å². The molecule has 98 valence electrons. The van der Waals surface area contributed by atoms with Crippen LogP contribution in [0.15, 0.2) is 24.7 Å². The van der Waals surface area contributed by atoms with Gasteiger partial charge in [0, 0.05) is 25.0 Å². The molecule has 5 heteroatoms. The Bertz CT molecular complexity index is 485. The van der Waals surface area contributed by atoms with E-state index in [0.717, 1.165) is 25.3 Å². The summed E-state index contributed by atoms with van der Waals surface area (Å²) in [5, 5.41) is 11.5. The van der Waals surface area contributed by atoms with Crippen molar-refractivity contribution in [3.8, 4) is 0 Å². The van der Waals surface area contributed by atoms with Gasteiger partial charge < -0.3 is 14.5 Å². The van der Waals surface area contributed by atoms with Gasteiger partial charge in [-0.3, -0.25) is 0 Å². The molecule has 2 rings (SSSR count). The molecule has 18 heavy (non-hydrogen) atoms. The van der Waals surface area contributed by atoms with Gasteiger partial charge in [0.1, 0.15) is 6.33 Å². The number of hydrogen-bond acceptors (Lipinski definition) is 3. The van der Waals surface area contributed by atoms with Crippen LogP contribution in [-0.4, -0.2) is 25.9 Å². The average Bonchev–Trinajstić information content (AvgIpc) is 2.97. The highest BCUT2D eigenvalue weighted by atomic mass is 15.3. The lowest BCUT2D eigenvalue weighted by Crippen LogP contribution is -2.22. The van der Waals surface area contributed by atoms with E-state index in [1.807, 2.05) is 11.6 Å². The van der Waals surface area contributed by atoms with Crippen molar-refractivity contribution >= 4 is 0 Å². The Morgan fingerprint density at radius 2 is 2.28 bits per heavy atom. The van der Waals surface area contributed by atoms with Crippen LogP contribution in [0.5, 0.6) is 0 Å². The van der Waals surface area contributed by atoms with Gasteiger partial charge in [-0.2, -0.15) is 0 Å². The van der Waals surface area contributed by atoms with Gasteiger partial charge in [0.25, 0.3) is 0 Å². The first kappa shape index (κ1) is 12.8. The zero-order chi connectivity index (χ0) is 13.0. The Kier molecular flexibility index (Phi) is 4.15. The molecule has 0 aliphatic rings. The summed E-state index contributed by atoms with van der Waals surface area (Å²) in [6.45, 7) is 6.17. The van der Waals surface area contributed by atoms with Crippen LogP contribution in [-0.2, 0) is 13.6 Å². The van der Waals surface area contributed by atoms with Gasteiger partial charge in [0.05, 0.1) is 6.54 Å². The number of nitrogens with one attached hydrogen (secondary N) is 1. The Labute approximate surface area is 108 Å². The van der Waals surface area contributed by atoms with Gasteiger partial charge >= 0.3 is 0 Å². The van der Waals surface area contributed by atoms with Gasteiger partial charge in [0.15, 0.2) is 5.82 Å². The molecule has 2 aromatic rings. The van der Waals surface area contributed by atoms with Crippen molar-refractivity contribution < 1.29 is 0 Å². The van der Waals surface area contributed by atoms with Gasteiger partial charge in [-0.15, -0.1) is 10.2 Å². The maximum absolute atomic E-state index is 4.12. The molecular weight excluding hydrogens is 226 g/mol. The van der Waals surface area contributed by atoms with E-state index in [2.05, 4.69) is 52.3 Å². The molecule has 0 aromatic carbocycles. The van der Waals surface area contributed by atoms with E-state index < -0.39 is 0 Å². The Hall–Kier alpha value is -1.62. The van der Waals surface area contributed by atoms with Gasteiger partial charge in [0.2, 0.25) is 0 Å². The molecule has 0 aliphatic carbocycles. The van der Waals surface area contributed by atoms with Crippen molar-refractivity contribution in [1.29, 1.82) is 0 Å². The number of rotatable bonds is 6. The predicted molar refractivity (Wildman–Crippen MR) is 71.2 cm³/mol. The number of nitrogens with zero attached hydrogens (tertiary/aromatic N) is 4. The van der Waals surface area contributed by atoms with Crippen LogP contribution in [0.3, 0.4) is 0 Å². The third-order valence-corrected chi connectivity index (χ3v) is 3.13. The molecule has 1 unspecified atom stereocenters. The first-order valence-corrected chi connectivity index (χ1v) is 6.43. The Morgan fingerprint density at radius 1 is 1.44 bits per heavy atom. The summed E-state index contributed by atoms with van der Waals surface area (Å²) < 4.78 is 4.17. The summed E-state index contributed by atoms with van der Waals surface area (Å²) in [5.41, 5.74) is 1.28. The average molecular weight is 247 g/mol. The SMILES string of the molecule is CCCNC(C)c1cccn1Cc1nncn1C. The molecule has 0 bridgehead atoms. The lowest BCUT2D eigenvalue weighted by atomic mass is 10.2. The minimum Gasteiger partial charge on any atom is -0.342 e. The normalized spacial score (nSPS) is 12.8. The van der Waals surface area contributed by atoms with Gasteiger partial charge in [-0.25, -0.2) is 0 Å². The fraction of sp³-hybridized carbons (Fsp3) is 0.538. The Balaban J connectivity index is 2.10. The third kappa shape index (κ3) is 2.79. The first-order valence-electron chi connectivity index (χ1n) is 6.43. The maximum atomic E-state index is 4.12. The second-order valence-corrected chi connectivity index (χ2v) is 4.59. The smallest absolute Gasteiger partial charge is 0.152 e. The Morgan fingerprint density at radius 3 is 2.94 bits per heavy atom. The van der Waals surface area contributed by atoms with Crippen molar-refractivity contribution in [2.24, 2.45) is 7.05 Å². The van der Waals surface area contributed by atoms with Crippen molar-refractivity contribution in [2.45, 2.75) is 32.9 Å². The lowest BCUT2D eigenvalue weighted by Gasteiger charge is -2.16. The quantitative estimate of drug-likeness (QED) is 0.845. The van der Waals surface area contributed by atoms with E-state index in [1.54, 1.807) is 6.33 Å². The van der Waals surface area contributed by atoms with E-state index in [0.29, 0.717) is 6.04 Å². The molecule has 0 saturated heterocycles. The highest BCUT2D eigenvalue weighted by molar-refractivity contribution is 5.12. The van der Waals surface area contributed by atoms with Crippen LogP contribution in [0.2, 0.25) is 0 Å². The maximum Gasteiger partial charge on any atom is 0.152 e. The van der Waals surface area contributed by atoms with E-state index in [4.69, 9.17) is 0 Å². The molecule has 1 atom stereocenters. The summed E-state index contributed by atoms with van der Waals surface area (Å²) in [7, 11) is 1.97. The van der Waals surface area contributed by atoms with E-state index in [1.165, 1.54) is 5.69 Å². The third-order valence-electron chi connectivity index (χ3n) is 3.13. The fourth-order valence-electron chi connectivity index (χ4n) is 2.03. The fourth-order valence-corrected chi connectivity index (χ4v) is 2.03. The summed E-state index contributed by atoms with van der Waals surface area (Å²) in [4.78, 5) is 0. The van der Waals surface area contributed by atoms with Crippen molar-refractivity contribution in [1.82, 2.24) is 24.6 Å². The molecular formula is C13H21N5. The molecule has 2 aromatic heterocycles. The molecule has 0 spiro atoms. The van der Waals surface area contributed by atoms with Crippen molar-refractivity contribution in [2.75, 3.05) is 6.54 Å². The first-order chi connectivity index (χ1) is 8.72. The van der Waals surface area contributed by atoms with E-state index >= 15 is 0 Å².